The lowest BCUT2D eigenvalue weighted by Gasteiger charge is -2.29. The lowest BCUT2D eigenvalue weighted by molar-refractivity contribution is -0.117. The fourth-order valence-corrected chi connectivity index (χ4v) is 4.18. The van der Waals surface area contributed by atoms with E-state index in [1.807, 2.05) is 24.3 Å². The van der Waals surface area contributed by atoms with Crippen LogP contribution < -0.4 is 10.6 Å². The van der Waals surface area contributed by atoms with Gasteiger partial charge in [-0.2, -0.15) is 0 Å². The second kappa shape index (κ2) is 8.14. The molecule has 146 valence electrons. The molecule has 0 saturated heterocycles. The van der Waals surface area contributed by atoms with Crippen LogP contribution in [0.1, 0.15) is 32.6 Å². The van der Waals surface area contributed by atoms with Crippen molar-refractivity contribution in [2.45, 2.75) is 43.8 Å². The van der Waals surface area contributed by atoms with E-state index < -0.39 is 6.03 Å². The first kappa shape index (κ1) is 18.7. The van der Waals surface area contributed by atoms with Crippen molar-refractivity contribution in [1.29, 1.82) is 0 Å². The molecule has 0 spiro atoms. The fourth-order valence-electron chi connectivity index (χ4n) is 3.59. The first-order valence-corrected chi connectivity index (χ1v) is 10.4. The van der Waals surface area contributed by atoms with Crippen LogP contribution in [0.4, 0.5) is 4.79 Å². The van der Waals surface area contributed by atoms with Crippen molar-refractivity contribution in [3.63, 3.8) is 0 Å². The third kappa shape index (κ3) is 4.09. The molecule has 1 aliphatic carbocycles. The Kier molecular flexibility index (Phi) is 5.43. The number of nitrogens with one attached hydrogen (secondary N) is 3. The zero-order valence-electron chi connectivity index (χ0n) is 15.6. The Morgan fingerprint density at radius 1 is 1.21 bits per heavy atom. The number of nitrogens with zero attached hydrogens (tertiary/aromatic N) is 3. The number of benzene rings is 1. The first-order valence-electron chi connectivity index (χ1n) is 9.44. The molecule has 2 heterocycles. The SMILES string of the molecule is C[C@H]1CCCC[C@H]1NC(=O)NC(=O)CSc1nnc2c(n1)[nH]c1ccccc12. The highest BCUT2D eigenvalue weighted by Gasteiger charge is 2.23. The van der Waals surface area contributed by atoms with Gasteiger partial charge in [0.25, 0.3) is 0 Å². The summed E-state index contributed by atoms with van der Waals surface area (Å²) in [6.07, 6.45) is 4.38. The van der Waals surface area contributed by atoms with Crippen LogP contribution in [0.25, 0.3) is 22.1 Å². The standard InChI is InChI=1S/C19H22N6O2S/c1-11-6-2-4-8-13(11)21-18(27)22-15(26)10-28-19-23-17-16(24-25-19)12-7-3-5-9-14(12)20-17/h3,5,7,9,11,13H,2,4,6,8,10H2,1H3,(H,20,23,25)(H2,21,22,26,27)/t11-,13+/m0/s1. The minimum absolute atomic E-state index is 0.0427. The summed E-state index contributed by atoms with van der Waals surface area (Å²) in [5, 5.41) is 14.9. The number of amides is 3. The van der Waals surface area contributed by atoms with E-state index in [1.54, 1.807) is 0 Å². The van der Waals surface area contributed by atoms with Crippen LogP contribution >= 0.6 is 11.8 Å². The number of rotatable bonds is 4. The second-order valence-corrected chi connectivity index (χ2v) is 8.08. The molecule has 1 saturated carbocycles. The van der Waals surface area contributed by atoms with Crippen molar-refractivity contribution in [3.8, 4) is 0 Å². The van der Waals surface area contributed by atoms with Crippen molar-refractivity contribution >= 4 is 45.8 Å². The van der Waals surface area contributed by atoms with Gasteiger partial charge in [-0.1, -0.05) is 49.7 Å². The minimum atomic E-state index is -0.436. The number of fused-ring (bicyclic) bond motifs is 3. The van der Waals surface area contributed by atoms with Crippen molar-refractivity contribution in [2.75, 3.05) is 5.75 Å². The Hall–Kier alpha value is -2.68. The third-order valence-corrected chi connectivity index (χ3v) is 5.95. The minimum Gasteiger partial charge on any atom is -0.338 e. The van der Waals surface area contributed by atoms with Crippen LogP contribution in [0.2, 0.25) is 0 Å². The quantitative estimate of drug-likeness (QED) is 0.582. The average molecular weight is 398 g/mol. The summed E-state index contributed by atoms with van der Waals surface area (Å²) in [4.78, 5) is 31.7. The van der Waals surface area contributed by atoms with Gasteiger partial charge in [-0.05, 0) is 24.8 Å². The van der Waals surface area contributed by atoms with Crippen molar-refractivity contribution in [2.24, 2.45) is 5.92 Å². The molecule has 2 aromatic heterocycles. The highest BCUT2D eigenvalue weighted by atomic mass is 32.2. The Balaban J connectivity index is 1.32. The average Bonchev–Trinajstić information content (AvgIpc) is 3.06. The number of para-hydroxylation sites is 1. The van der Waals surface area contributed by atoms with Crippen LogP contribution in [0, 0.1) is 5.92 Å². The number of carbonyl (C=O) groups is 2. The fraction of sp³-hybridized carbons (Fsp3) is 0.421. The molecule has 1 aromatic carbocycles. The number of carbonyl (C=O) groups excluding carboxylic acids is 2. The summed E-state index contributed by atoms with van der Waals surface area (Å²) in [6, 6.07) is 7.47. The molecular weight excluding hydrogens is 376 g/mol. The molecule has 0 radical (unpaired) electrons. The first-order chi connectivity index (χ1) is 13.6. The molecular formula is C19H22N6O2S. The van der Waals surface area contributed by atoms with Crippen LogP contribution in [-0.4, -0.2) is 43.9 Å². The zero-order chi connectivity index (χ0) is 19.5. The lowest BCUT2D eigenvalue weighted by atomic mass is 9.86. The van der Waals surface area contributed by atoms with Gasteiger partial charge in [-0.3, -0.25) is 10.1 Å². The van der Waals surface area contributed by atoms with Gasteiger partial charge in [0.05, 0.1) is 5.75 Å². The molecule has 0 bridgehead atoms. The predicted molar refractivity (Wildman–Crippen MR) is 108 cm³/mol. The second-order valence-electron chi connectivity index (χ2n) is 7.14. The largest absolute Gasteiger partial charge is 0.338 e. The van der Waals surface area contributed by atoms with E-state index in [-0.39, 0.29) is 17.7 Å². The van der Waals surface area contributed by atoms with E-state index >= 15 is 0 Å². The van der Waals surface area contributed by atoms with Gasteiger partial charge in [0.15, 0.2) is 5.65 Å². The van der Waals surface area contributed by atoms with Crippen molar-refractivity contribution in [3.05, 3.63) is 24.3 Å². The molecule has 0 aliphatic heterocycles. The van der Waals surface area contributed by atoms with Gasteiger partial charge < -0.3 is 10.3 Å². The number of aromatic nitrogens is 4. The van der Waals surface area contributed by atoms with Gasteiger partial charge >= 0.3 is 6.03 Å². The smallest absolute Gasteiger partial charge is 0.321 e. The molecule has 3 aromatic rings. The van der Waals surface area contributed by atoms with E-state index in [0.29, 0.717) is 22.2 Å². The van der Waals surface area contributed by atoms with E-state index in [9.17, 15) is 9.59 Å². The topological polar surface area (TPSA) is 113 Å². The molecule has 1 aliphatic rings. The summed E-state index contributed by atoms with van der Waals surface area (Å²) in [7, 11) is 0. The third-order valence-electron chi connectivity index (χ3n) is 5.12. The number of hydrogen-bond acceptors (Lipinski definition) is 6. The molecule has 3 amide bonds. The number of hydrogen-bond donors (Lipinski definition) is 3. The van der Waals surface area contributed by atoms with E-state index in [0.717, 1.165) is 41.9 Å². The maximum atomic E-state index is 12.1. The summed E-state index contributed by atoms with van der Waals surface area (Å²) in [5.41, 5.74) is 2.27. The highest BCUT2D eigenvalue weighted by Crippen LogP contribution is 2.24. The number of imide groups is 1. The number of thioether (sulfide) groups is 1. The Bertz CT molecular complexity index is 1020. The van der Waals surface area contributed by atoms with Crippen molar-refractivity contribution in [1.82, 2.24) is 30.8 Å². The van der Waals surface area contributed by atoms with Crippen LogP contribution in [0.5, 0.6) is 0 Å². The number of H-pyrrole nitrogens is 1. The Labute approximate surface area is 166 Å². The summed E-state index contributed by atoms with van der Waals surface area (Å²) in [6.45, 7) is 2.13. The Morgan fingerprint density at radius 3 is 2.89 bits per heavy atom. The molecule has 4 rings (SSSR count). The molecule has 8 nitrogen and oxygen atoms in total. The zero-order valence-corrected chi connectivity index (χ0v) is 16.4. The van der Waals surface area contributed by atoms with Crippen LogP contribution in [0.3, 0.4) is 0 Å². The Morgan fingerprint density at radius 2 is 2.04 bits per heavy atom. The van der Waals surface area contributed by atoms with Crippen LogP contribution in [-0.2, 0) is 4.79 Å². The van der Waals surface area contributed by atoms with Gasteiger partial charge in [-0.25, -0.2) is 9.78 Å². The lowest BCUT2D eigenvalue weighted by Crippen LogP contribution is -2.48. The van der Waals surface area contributed by atoms with Gasteiger partial charge in [0.1, 0.15) is 5.52 Å². The van der Waals surface area contributed by atoms with Gasteiger partial charge in [-0.15, -0.1) is 10.2 Å². The van der Waals surface area contributed by atoms with Crippen molar-refractivity contribution < 1.29 is 9.59 Å². The number of aromatic amines is 1. The van der Waals surface area contributed by atoms with E-state index in [4.69, 9.17) is 0 Å². The number of urea groups is 1. The van der Waals surface area contributed by atoms with E-state index in [1.165, 1.54) is 6.42 Å². The van der Waals surface area contributed by atoms with Gasteiger partial charge in [0, 0.05) is 16.9 Å². The maximum absolute atomic E-state index is 12.1. The highest BCUT2D eigenvalue weighted by molar-refractivity contribution is 7.99. The summed E-state index contributed by atoms with van der Waals surface area (Å²) in [5.74, 6) is 0.0962. The molecule has 3 N–H and O–H groups in total. The summed E-state index contributed by atoms with van der Waals surface area (Å²) >= 11 is 1.15. The molecule has 9 heteroatoms. The van der Waals surface area contributed by atoms with Gasteiger partial charge in [0.2, 0.25) is 11.1 Å². The summed E-state index contributed by atoms with van der Waals surface area (Å²) < 4.78 is 0. The molecule has 28 heavy (non-hydrogen) atoms. The normalized spacial score (nSPS) is 19.6. The monoisotopic (exact) mass is 398 g/mol. The molecule has 2 atom stereocenters. The molecule has 0 unspecified atom stereocenters. The maximum Gasteiger partial charge on any atom is 0.321 e. The predicted octanol–water partition coefficient (Wildman–Crippen LogP) is 3.00. The van der Waals surface area contributed by atoms with E-state index in [2.05, 4.69) is 37.7 Å². The van der Waals surface area contributed by atoms with Crippen LogP contribution in [0.15, 0.2) is 29.4 Å². The molecule has 1 fully saturated rings.